The van der Waals surface area contributed by atoms with Crippen molar-refractivity contribution >= 4 is 21.4 Å². The molecule has 2 saturated heterocycles. The number of amides is 1. The van der Waals surface area contributed by atoms with Crippen LogP contribution in [-0.4, -0.2) is 49.4 Å². The van der Waals surface area contributed by atoms with Crippen molar-refractivity contribution in [3.63, 3.8) is 0 Å². The standard InChI is InChI=1S/C23H27FN2O3S/c1-23(2,3)17-6-10-19(11-7-17)26-21-15-30(28,29)14-20(21)25(13-22(26)27)12-16-4-8-18(24)9-5-16/h4-11,20-21H,12-15H2,1-3H3/t20-,21+/m0/s1. The predicted molar refractivity (Wildman–Crippen MR) is 116 cm³/mol. The fraction of sp³-hybridized carbons (Fsp3) is 0.435. The number of halogens is 1. The minimum atomic E-state index is -3.25. The van der Waals surface area contributed by atoms with Crippen LogP contribution in [0.25, 0.3) is 0 Å². The van der Waals surface area contributed by atoms with E-state index in [-0.39, 0.29) is 41.2 Å². The zero-order valence-corrected chi connectivity index (χ0v) is 18.3. The van der Waals surface area contributed by atoms with E-state index in [1.165, 1.54) is 12.1 Å². The maximum atomic E-state index is 13.2. The van der Waals surface area contributed by atoms with Crippen LogP contribution < -0.4 is 4.90 Å². The van der Waals surface area contributed by atoms with Crippen molar-refractivity contribution in [1.29, 1.82) is 0 Å². The Balaban J connectivity index is 1.63. The number of nitrogens with zero attached hydrogens (tertiary/aromatic N) is 2. The summed E-state index contributed by atoms with van der Waals surface area (Å²) in [5, 5.41) is 0. The van der Waals surface area contributed by atoms with Crippen molar-refractivity contribution < 1.29 is 17.6 Å². The summed E-state index contributed by atoms with van der Waals surface area (Å²) in [6.07, 6.45) is 0. The van der Waals surface area contributed by atoms with E-state index in [2.05, 4.69) is 20.8 Å². The predicted octanol–water partition coefficient (Wildman–Crippen LogP) is 3.14. The Kier molecular flexibility index (Phi) is 5.22. The maximum Gasteiger partial charge on any atom is 0.241 e. The largest absolute Gasteiger partial charge is 0.306 e. The number of fused-ring (bicyclic) bond motifs is 1. The molecule has 160 valence electrons. The summed E-state index contributed by atoms with van der Waals surface area (Å²) in [7, 11) is -3.25. The van der Waals surface area contributed by atoms with Gasteiger partial charge in [-0.3, -0.25) is 9.69 Å². The SMILES string of the molecule is CC(C)(C)c1ccc(N2C(=O)CN(Cc3ccc(F)cc3)[C@H]3CS(=O)(=O)C[C@H]32)cc1. The molecule has 2 aliphatic heterocycles. The number of carbonyl (C=O) groups excluding carboxylic acids is 1. The van der Waals surface area contributed by atoms with Gasteiger partial charge in [0.15, 0.2) is 9.84 Å². The summed E-state index contributed by atoms with van der Waals surface area (Å²) >= 11 is 0. The van der Waals surface area contributed by atoms with Gasteiger partial charge in [0.25, 0.3) is 0 Å². The van der Waals surface area contributed by atoms with Crippen LogP contribution in [0.4, 0.5) is 10.1 Å². The molecule has 4 rings (SSSR count). The monoisotopic (exact) mass is 430 g/mol. The second-order valence-corrected chi connectivity index (χ2v) is 11.5. The molecule has 0 radical (unpaired) electrons. The summed E-state index contributed by atoms with van der Waals surface area (Å²) in [5.41, 5.74) is 2.75. The molecular formula is C23H27FN2O3S. The number of hydrogen-bond donors (Lipinski definition) is 0. The van der Waals surface area contributed by atoms with Crippen molar-refractivity contribution in [3.05, 3.63) is 65.5 Å². The summed E-state index contributed by atoms with van der Waals surface area (Å²) in [6.45, 7) is 6.93. The lowest BCUT2D eigenvalue weighted by molar-refractivity contribution is -0.123. The van der Waals surface area contributed by atoms with Gasteiger partial charge < -0.3 is 4.90 Å². The van der Waals surface area contributed by atoms with E-state index in [1.807, 2.05) is 29.2 Å². The summed E-state index contributed by atoms with van der Waals surface area (Å²) in [6, 6.07) is 13.3. The Bertz CT molecular complexity index is 1040. The van der Waals surface area contributed by atoms with Crippen LogP contribution in [0.5, 0.6) is 0 Å². The molecule has 0 spiro atoms. The molecule has 2 atom stereocenters. The van der Waals surface area contributed by atoms with E-state index in [9.17, 15) is 17.6 Å². The molecule has 0 aliphatic carbocycles. The van der Waals surface area contributed by atoms with E-state index >= 15 is 0 Å². The second-order valence-electron chi connectivity index (χ2n) is 9.30. The van der Waals surface area contributed by atoms with Gasteiger partial charge >= 0.3 is 0 Å². The van der Waals surface area contributed by atoms with Crippen LogP contribution in [-0.2, 0) is 26.6 Å². The van der Waals surface area contributed by atoms with Gasteiger partial charge in [0.1, 0.15) is 5.82 Å². The molecule has 0 aromatic heterocycles. The first-order chi connectivity index (χ1) is 14.0. The summed E-state index contributed by atoms with van der Waals surface area (Å²) in [5.74, 6) is -0.439. The third kappa shape index (κ3) is 4.14. The second kappa shape index (κ2) is 7.46. The highest BCUT2D eigenvalue weighted by Crippen LogP contribution is 2.33. The molecular weight excluding hydrogens is 403 g/mol. The average Bonchev–Trinajstić information content (AvgIpc) is 2.98. The lowest BCUT2D eigenvalue weighted by atomic mass is 9.87. The average molecular weight is 431 g/mol. The Morgan fingerprint density at radius 3 is 2.17 bits per heavy atom. The molecule has 0 N–H and O–H groups in total. The Labute approximate surface area is 177 Å². The molecule has 2 fully saturated rings. The van der Waals surface area contributed by atoms with Gasteiger partial charge in [0.05, 0.1) is 24.1 Å². The molecule has 2 aliphatic rings. The van der Waals surface area contributed by atoms with Crippen molar-refractivity contribution in [3.8, 4) is 0 Å². The van der Waals surface area contributed by atoms with Crippen molar-refractivity contribution in [2.24, 2.45) is 0 Å². The maximum absolute atomic E-state index is 13.2. The number of hydrogen-bond acceptors (Lipinski definition) is 4. The fourth-order valence-corrected chi connectivity index (χ4v) is 6.39. The van der Waals surface area contributed by atoms with Gasteiger partial charge in [-0.05, 0) is 40.8 Å². The zero-order chi connectivity index (χ0) is 21.7. The van der Waals surface area contributed by atoms with E-state index in [4.69, 9.17) is 0 Å². The molecule has 0 unspecified atom stereocenters. The smallest absolute Gasteiger partial charge is 0.241 e. The van der Waals surface area contributed by atoms with Crippen LogP contribution in [0.1, 0.15) is 31.9 Å². The van der Waals surface area contributed by atoms with E-state index in [1.54, 1.807) is 17.0 Å². The van der Waals surface area contributed by atoms with Gasteiger partial charge in [-0.2, -0.15) is 0 Å². The van der Waals surface area contributed by atoms with Crippen LogP contribution in [0.15, 0.2) is 48.5 Å². The van der Waals surface area contributed by atoms with Crippen molar-refractivity contribution in [2.75, 3.05) is 23.0 Å². The highest BCUT2D eigenvalue weighted by atomic mass is 32.2. The summed E-state index contributed by atoms with van der Waals surface area (Å²) in [4.78, 5) is 16.7. The van der Waals surface area contributed by atoms with Gasteiger partial charge in [0, 0.05) is 18.3 Å². The van der Waals surface area contributed by atoms with Gasteiger partial charge in [-0.15, -0.1) is 0 Å². The van der Waals surface area contributed by atoms with Crippen molar-refractivity contribution in [2.45, 2.75) is 44.8 Å². The number of benzene rings is 2. The Morgan fingerprint density at radius 1 is 0.967 bits per heavy atom. The van der Waals surface area contributed by atoms with Crippen LogP contribution in [0.2, 0.25) is 0 Å². The molecule has 1 amide bonds. The molecule has 7 heteroatoms. The first kappa shape index (κ1) is 21.0. The molecule has 0 saturated carbocycles. The topological polar surface area (TPSA) is 57.7 Å². The quantitative estimate of drug-likeness (QED) is 0.751. The summed E-state index contributed by atoms with van der Waals surface area (Å²) < 4.78 is 38.2. The minimum absolute atomic E-state index is 0.00434. The first-order valence-corrected chi connectivity index (χ1v) is 12.0. The molecule has 30 heavy (non-hydrogen) atoms. The van der Waals surface area contributed by atoms with E-state index < -0.39 is 15.9 Å². The molecule has 2 heterocycles. The highest BCUT2D eigenvalue weighted by molar-refractivity contribution is 7.91. The third-order valence-electron chi connectivity index (χ3n) is 6.01. The molecule has 5 nitrogen and oxygen atoms in total. The lowest BCUT2D eigenvalue weighted by Crippen LogP contribution is -2.61. The Morgan fingerprint density at radius 2 is 1.57 bits per heavy atom. The zero-order valence-electron chi connectivity index (χ0n) is 17.5. The molecule has 0 bridgehead atoms. The van der Waals surface area contributed by atoms with Gasteiger partial charge in [-0.1, -0.05) is 45.0 Å². The van der Waals surface area contributed by atoms with Crippen LogP contribution >= 0.6 is 0 Å². The fourth-order valence-electron chi connectivity index (χ4n) is 4.41. The highest BCUT2D eigenvalue weighted by Gasteiger charge is 2.49. The van der Waals surface area contributed by atoms with E-state index in [0.29, 0.717) is 6.54 Å². The number of sulfone groups is 1. The van der Waals surface area contributed by atoms with Gasteiger partial charge in [-0.25, -0.2) is 12.8 Å². The molecule has 2 aromatic carbocycles. The number of anilines is 1. The Hall–Kier alpha value is -2.25. The minimum Gasteiger partial charge on any atom is -0.306 e. The van der Waals surface area contributed by atoms with Gasteiger partial charge in [0.2, 0.25) is 5.91 Å². The number of rotatable bonds is 3. The van der Waals surface area contributed by atoms with Crippen molar-refractivity contribution in [1.82, 2.24) is 4.90 Å². The van der Waals surface area contributed by atoms with Crippen LogP contribution in [0, 0.1) is 5.82 Å². The van der Waals surface area contributed by atoms with E-state index in [0.717, 1.165) is 16.8 Å². The third-order valence-corrected chi connectivity index (χ3v) is 7.71. The first-order valence-electron chi connectivity index (χ1n) is 10.1. The van der Waals surface area contributed by atoms with Crippen LogP contribution in [0.3, 0.4) is 0 Å². The normalized spacial score (nSPS) is 24.1. The lowest BCUT2D eigenvalue weighted by Gasteiger charge is -2.43. The number of piperazine rings is 1. The molecule has 2 aromatic rings. The number of carbonyl (C=O) groups is 1.